The summed E-state index contributed by atoms with van der Waals surface area (Å²) in [6.07, 6.45) is 2.04. The SMILES string of the molecule is O=CNc1cc(C(=O)C(CCC(=O)CCc2ccc3c(c2)OCO3)NC=O)ccc1OCc1ccccc1. The van der Waals surface area contributed by atoms with Crippen molar-refractivity contribution in [2.45, 2.75) is 38.3 Å². The van der Waals surface area contributed by atoms with Gasteiger partial charge in [-0.05, 0) is 54.3 Å². The molecule has 0 saturated heterocycles. The van der Waals surface area contributed by atoms with Gasteiger partial charge < -0.3 is 24.8 Å². The zero-order valence-electron chi connectivity index (χ0n) is 20.7. The van der Waals surface area contributed by atoms with E-state index >= 15 is 0 Å². The van der Waals surface area contributed by atoms with Crippen LogP contribution in [0.4, 0.5) is 5.69 Å². The molecule has 0 radical (unpaired) electrons. The summed E-state index contributed by atoms with van der Waals surface area (Å²) in [5.41, 5.74) is 2.49. The van der Waals surface area contributed by atoms with E-state index in [0.29, 0.717) is 48.6 Å². The fraction of sp³-hybridized carbons (Fsp3) is 0.241. The van der Waals surface area contributed by atoms with Gasteiger partial charge in [-0.1, -0.05) is 36.4 Å². The predicted octanol–water partition coefficient (Wildman–Crippen LogP) is 3.84. The molecule has 0 aromatic heterocycles. The van der Waals surface area contributed by atoms with Crippen LogP contribution in [-0.2, 0) is 27.4 Å². The van der Waals surface area contributed by atoms with Crippen LogP contribution in [0.3, 0.4) is 0 Å². The smallest absolute Gasteiger partial charge is 0.231 e. The third-order valence-corrected chi connectivity index (χ3v) is 6.14. The van der Waals surface area contributed by atoms with E-state index < -0.39 is 6.04 Å². The molecule has 196 valence electrons. The molecule has 38 heavy (non-hydrogen) atoms. The number of carbonyl (C=O) groups is 4. The van der Waals surface area contributed by atoms with E-state index in [9.17, 15) is 19.2 Å². The Hall–Kier alpha value is -4.66. The Labute approximate surface area is 220 Å². The molecule has 0 bridgehead atoms. The van der Waals surface area contributed by atoms with E-state index in [-0.39, 0.29) is 43.4 Å². The molecule has 3 aromatic carbocycles. The molecular weight excluding hydrogens is 488 g/mol. The lowest BCUT2D eigenvalue weighted by molar-refractivity contribution is -0.119. The van der Waals surface area contributed by atoms with Crippen molar-refractivity contribution in [3.05, 3.63) is 83.4 Å². The standard InChI is InChI=1S/C29H28N2O7/c32-17-30-24(11-10-23(34)9-6-20-7-12-27-28(14-20)38-19-37-27)29(35)22-8-13-26(25(15-22)31-18-33)36-16-21-4-2-1-3-5-21/h1-5,7-8,12-15,17-18,24H,6,9-11,16,19H2,(H,30,32)(H,31,33). The van der Waals surface area contributed by atoms with Crippen molar-refractivity contribution < 1.29 is 33.4 Å². The number of fused-ring (bicyclic) bond motifs is 1. The van der Waals surface area contributed by atoms with Crippen molar-refractivity contribution in [1.82, 2.24) is 5.32 Å². The number of carbonyl (C=O) groups excluding carboxylic acids is 4. The van der Waals surface area contributed by atoms with E-state index in [2.05, 4.69) is 10.6 Å². The summed E-state index contributed by atoms with van der Waals surface area (Å²) in [7, 11) is 0. The summed E-state index contributed by atoms with van der Waals surface area (Å²) in [6.45, 7) is 0.471. The van der Waals surface area contributed by atoms with Crippen molar-refractivity contribution in [2.24, 2.45) is 0 Å². The second-order valence-corrected chi connectivity index (χ2v) is 8.71. The number of Topliss-reactive ketones (excluding diaryl/α,β-unsaturated/α-hetero) is 2. The van der Waals surface area contributed by atoms with Gasteiger partial charge in [0.05, 0.1) is 11.7 Å². The Balaban J connectivity index is 1.35. The molecule has 0 saturated carbocycles. The molecule has 3 aromatic rings. The molecule has 2 N–H and O–H groups in total. The van der Waals surface area contributed by atoms with Gasteiger partial charge in [-0.2, -0.15) is 0 Å². The van der Waals surface area contributed by atoms with Crippen LogP contribution >= 0.6 is 0 Å². The van der Waals surface area contributed by atoms with Gasteiger partial charge in [0.2, 0.25) is 19.6 Å². The van der Waals surface area contributed by atoms with Gasteiger partial charge in [-0.15, -0.1) is 0 Å². The molecule has 0 spiro atoms. The molecule has 1 aliphatic heterocycles. The lowest BCUT2D eigenvalue weighted by Crippen LogP contribution is -2.36. The van der Waals surface area contributed by atoms with Gasteiger partial charge in [0.1, 0.15) is 18.1 Å². The maximum absolute atomic E-state index is 13.2. The molecule has 4 rings (SSSR count). The summed E-state index contributed by atoms with van der Waals surface area (Å²) in [5.74, 6) is 1.35. The fourth-order valence-corrected chi connectivity index (χ4v) is 4.10. The largest absolute Gasteiger partial charge is 0.487 e. The maximum Gasteiger partial charge on any atom is 0.231 e. The quantitative estimate of drug-likeness (QED) is 0.233. The number of amides is 2. The predicted molar refractivity (Wildman–Crippen MR) is 139 cm³/mol. The van der Waals surface area contributed by atoms with Crippen LogP contribution in [0.2, 0.25) is 0 Å². The highest BCUT2D eigenvalue weighted by molar-refractivity contribution is 6.02. The van der Waals surface area contributed by atoms with E-state index in [1.807, 2.05) is 48.5 Å². The number of ether oxygens (including phenoxy) is 3. The number of rotatable bonds is 15. The van der Waals surface area contributed by atoms with Crippen molar-refractivity contribution in [2.75, 3.05) is 12.1 Å². The number of ketones is 2. The van der Waals surface area contributed by atoms with Crippen molar-refractivity contribution in [3.63, 3.8) is 0 Å². The number of hydrogen-bond donors (Lipinski definition) is 2. The zero-order valence-corrected chi connectivity index (χ0v) is 20.7. The van der Waals surface area contributed by atoms with Crippen LogP contribution < -0.4 is 24.8 Å². The van der Waals surface area contributed by atoms with Crippen molar-refractivity contribution in [1.29, 1.82) is 0 Å². The first-order valence-electron chi connectivity index (χ1n) is 12.2. The van der Waals surface area contributed by atoms with E-state index in [1.165, 1.54) is 6.07 Å². The minimum Gasteiger partial charge on any atom is -0.487 e. The Morgan fingerprint density at radius 2 is 1.71 bits per heavy atom. The van der Waals surface area contributed by atoms with Crippen LogP contribution in [0.25, 0.3) is 0 Å². The Morgan fingerprint density at radius 1 is 0.895 bits per heavy atom. The molecule has 1 unspecified atom stereocenters. The number of hydrogen-bond acceptors (Lipinski definition) is 7. The summed E-state index contributed by atoms with van der Waals surface area (Å²) < 4.78 is 16.5. The normalized spacial score (nSPS) is 12.3. The minimum atomic E-state index is -0.887. The van der Waals surface area contributed by atoms with Crippen LogP contribution in [0.5, 0.6) is 17.2 Å². The fourth-order valence-electron chi connectivity index (χ4n) is 4.10. The Bertz CT molecular complexity index is 1290. The van der Waals surface area contributed by atoms with Gasteiger partial charge in [0.15, 0.2) is 17.3 Å². The first kappa shape index (κ1) is 26.4. The zero-order chi connectivity index (χ0) is 26.7. The molecule has 9 heteroatoms. The van der Waals surface area contributed by atoms with Crippen molar-refractivity contribution >= 4 is 30.1 Å². The number of aryl methyl sites for hydroxylation is 1. The highest BCUT2D eigenvalue weighted by Crippen LogP contribution is 2.33. The lowest BCUT2D eigenvalue weighted by atomic mass is 9.97. The van der Waals surface area contributed by atoms with Crippen LogP contribution in [-0.4, -0.2) is 37.2 Å². The third-order valence-electron chi connectivity index (χ3n) is 6.14. The number of nitrogens with one attached hydrogen (secondary N) is 2. The molecule has 1 atom stereocenters. The van der Waals surface area contributed by atoms with E-state index in [4.69, 9.17) is 14.2 Å². The topological polar surface area (TPSA) is 120 Å². The van der Waals surface area contributed by atoms with Crippen LogP contribution in [0, 0.1) is 0 Å². The molecule has 0 fully saturated rings. The number of benzene rings is 3. The summed E-state index contributed by atoms with van der Waals surface area (Å²) in [6, 6.07) is 18.9. The summed E-state index contributed by atoms with van der Waals surface area (Å²) in [4.78, 5) is 48.1. The molecule has 2 amide bonds. The highest BCUT2D eigenvalue weighted by atomic mass is 16.7. The first-order chi connectivity index (χ1) is 18.6. The van der Waals surface area contributed by atoms with Gasteiger partial charge in [0.25, 0.3) is 0 Å². The van der Waals surface area contributed by atoms with Gasteiger partial charge >= 0.3 is 0 Å². The van der Waals surface area contributed by atoms with Crippen LogP contribution in [0.15, 0.2) is 66.7 Å². The molecule has 0 aliphatic carbocycles. The molecule has 1 aliphatic rings. The van der Waals surface area contributed by atoms with Gasteiger partial charge in [-0.25, -0.2) is 0 Å². The van der Waals surface area contributed by atoms with E-state index in [0.717, 1.165) is 11.1 Å². The van der Waals surface area contributed by atoms with Crippen LogP contribution in [0.1, 0.15) is 40.7 Å². The highest BCUT2D eigenvalue weighted by Gasteiger charge is 2.22. The summed E-state index contributed by atoms with van der Waals surface area (Å²) in [5, 5.41) is 5.08. The number of anilines is 1. The average Bonchev–Trinajstić information content (AvgIpc) is 3.42. The molecule has 9 nitrogen and oxygen atoms in total. The summed E-state index contributed by atoms with van der Waals surface area (Å²) >= 11 is 0. The lowest BCUT2D eigenvalue weighted by Gasteiger charge is -2.17. The molecule has 1 heterocycles. The van der Waals surface area contributed by atoms with Crippen molar-refractivity contribution in [3.8, 4) is 17.2 Å². The Kier molecular flexibility index (Phi) is 9.07. The molecular formula is C29H28N2O7. The second-order valence-electron chi connectivity index (χ2n) is 8.71. The van der Waals surface area contributed by atoms with Gasteiger partial charge in [0, 0.05) is 18.4 Å². The Morgan fingerprint density at radius 3 is 2.50 bits per heavy atom. The maximum atomic E-state index is 13.2. The monoisotopic (exact) mass is 516 g/mol. The minimum absolute atomic E-state index is 0.0267. The first-order valence-corrected chi connectivity index (χ1v) is 12.2. The van der Waals surface area contributed by atoms with E-state index in [1.54, 1.807) is 12.1 Å². The third kappa shape index (κ3) is 6.97. The second kappa shape index (κ2) is 13.0. The average molecular weight is 517 g/mol. The van der Waals surface area contributed by atoms with Gasteiger partial charge in [-0.3, -0.25) is 19.2 Å².